The van der Waals surface area contributed by atoms with Gasteiger partial charge in [0.25, 0.3) is 0 Å². The minimum atomic E-state index is -0.624. The molecule has 0 unspecified atom stereocenters. The van der Waals surface area contributed by atoms with Crippen LogP contribution in [0.15, 0.2) is 78.9 Å². The van der Waals surface area contributed by atoms with Crippen molar-refractivity contribution >= 4 is 11.9 Å². The molecule has 0 bridgehead atoms. The third-order valence-corrected chi connectivity index (χ3v) is 3.66. The number of ether oxygens (including phenoxy) is 3. The Hall–Kier alpha value is -4.04. The fraction of sp³-hybridized carbons (Fsp3) is 0.0435. The molecule has 0 spiro atoms. The molecule has 0 N–H and O–H groups in total. The van der Waals surface area contributed by atoms with Crippen molar-refractivity contribution in [3.05, 3.63) is 90.0 Å². The SMILES string of the molecule is C#CCOc1cc(C(=O)Oc2ccccc2)ccc1C(=O)Oc1ccccc1. The van der Waals surface area contributed by atoms with Crippen LogP contribution in [0.1, 0.15) is 20.7 Å². The van der Waals surface area contributed by atoms with Gasteiger partial charge in [0.15, 0.2) is 0 Å². The molecule has 3 aromatic rings. The summed E-state index contributed by atoms with van der Waals surface area (Å²) in [5, 5.41) is 0. The molecule has 0 aromatic heterocycles. The van der Waals surface area contributed by atoms with E-state index in [1.165, 1.54) is 18.2 Å². The van der Waals surface area contributed by atoms with Crippen LogP contribution in [0.3, 0.4) is 0 Å². The highest BCUT2D eigenvalue weighted by molar-refractivity contribution is 5.97. The van der Waals surface area contributed by atoms with E-state index in [4.69, 9.17) is 20.6 Å². The van der Waals surface area contributed by atoms with Gasteiger partial charge in [-0.25, -0.2) is 9.59 Å². The molecule has 0 heterocycles. The van der Waals surface area contributed by atoms with Crippen LogP contribution in [0, 0.1) is 12.3 Å². The van der Waals surface area contributed by atoms with Gasteiger partial charge in [-0.05, 0) is 42.5 Å². The van der Waals surface area contributed by atoms with Gasteiger partial charge in [-0.2, -0.15) is 0 Å². The van der Waals surface area contributed by atoms with Gasteiger partial charge in [-0.3, -0.25) is 0 Å². The summed E-state index contributed by atoms with van der Waals surface area (Å²) in [6.07, 6.45) is 5.24. The highest BCUT2D eigenvalue weighted by Crippen LogP contribution is 2.24. The van der Waals surface area contributed by atoms with Gasteiger partial charge >= 0.3 is 11.9 Å². The van der Waals surface area contributed by atoms with E-state index in [2.05, 4.69) is 5.92 Å². The van der Waals surface area contributed by atoms with Crippen LogP contribution in [0.4, 0.5) is 0 Å². The van der Waals surface area contributed by atoms with E-state index in [0.29, 0.717) is 11.5 Å². The number of carbonyl (C=O) groups excluding carboxylic acids is 2. The molecular formula is C23H16O5. The third-order valence-electron chi connectivity index (χ3n) is 3.66. The zero-order valence-electron chi connectivity index (χ0n) is 14.8. The van der Waals surface area contributed by atoms with Gasteiger partial charge in [-0.15, -0.1) is 6.42 Å². The van der Waals surface area contributed by atoms with Gasteiger partial charge < -0.3 is 14.2 Å². The summed E-state index contributed by atoms with van der Waals surface area (Å²) < 4.78 is 16.1. The van der Waals surface area contributed by atoms with Crippen LogP contribution in [0.5, 0.6) is 17.2 Å². The zero-order chi connectivity index (χ0) is 19.8. The Morgan fingerprint density at radius 3 is 1.93 bits per heavy atom. The van der Waals surface area contributed by atoms with Crippen LogP contribution in [-0.2, 0) is 0 Å². The summed E-state index contributed by atoms with van der Waals surface area (Å²) in [6, 6.07) is 21.6. The maximum atomic E-state index is 12.5. The van der Waals surface area contributed by atoms with E-state index in [1.54, 1.807) is 48.5 Å². The molecule has 0 saturated heterocycles. The van der Waals surface area contributed by atoms with Crippen molar-refractivity contribution in [2.75, 3.05) is 6.61 Å². The highest BCUT2D eigenvalue weighted by atomic mass is 16.5. The largest absolute Gasteiger partial charge is 0.480 e. The van der Waals surface area contributed by atoms with E-state index in [1.807, 2.05) is 12.1 Å². The molecule has 0 fully saturated rings. The van der Waals surface area contributed by atoms with Gasteiger partial charge in [-0.1, -0.05) is 42.3 Å². The van der Waals surface area contributed by atoms with Crippen molar-refractivity contribution in [1.82, 2.24) is 0 Å². The summed E-state index contributed by atoms with van der Waals surface area (Å²) >= 11 is 0. The second-order valence-electron chi connectivity index (χ2n) is 5.61. The van der Waals surface area contributed by atoms with Gasteiger partial charge in [0.1, 0.15) is 29.4 Å². The van der Waals surface area contributed by atoms with Crippen molar-refractivity contribution in [3.63, 3.8) is 0 Å². The number of hydrogen-bond donors (Lipinski definition) is 0. The van der Waals surface area contributed by atoms with E-state index in [9.17, 15) is 9.59 Å². The van der Waals surface area contributed by atoms with Crippen molar-refractivity contribution in [3.8, 4) is 29.6 Å². The minimum Gasteiger partial charge on any atom is -0.480 e. The van der Waals surface area contributed by atoms with Gasteiger partial charge in [0, 0.05) is 0 Å². The molecule has 0 aliphatic carbocycles. The van der Waals surface area contributed by atoms with Gasteiger partial charge in [0.2, 0.25) is 0 Å². The van der Waals surface area contributed by atoms with E-state index in [0.717, 1.165) is 0 Å². The Balaban J connectivity index is 1.83. The second-order valence-corrected chi connectivity index (χ2v) is 5.61. The Morgan fingerprint density at radius 1 is 0.786 bits per heavy atom. The summed E-state index contributed by atoms with van der Waals surface area (Å²) in [5.74, 6) is 2.06. The first-order valence-corrected chi connectivity index (χ1v) is 8.42. The Kier molecular flexibility index (Phi) is 6.06. The van der Waals surface area contributed by atoms with Crippen molar-refractivity contribution in [2.45, 2.75) is 0 Å². The summed E-state index contributed by atoms with van der Waals surface area (Å²) in [5.41, 5.74) is 0.363. The molecule has 0 aliphatic heterocycles. The average molecular weight is 372 g/mol. The lowest BCUT2D eigenvalue weighted by molar-refractivity contribution is 0.0717. The first kappa shape index (κ1) is 18.7. The van der Waals surface area contributed by atoms with E-state index >= 15 is 0 Å². The van der Waals surface area contributed by atoms with Gasteiger partial charge in [0.05, 0.1) is 5.56 Å². The van der Waals surface area contributed by atoms with Crippen molar-refractivity contribution in [2.24, 2.45) is 0 Å². The van der Waals surface area contributed by atoms with E-state index < -0.39 is 11.9 Å². The highest BCUT2D eigenvalue weighted by Gasteiger charge is 2.19. The average Bonchev–Trinajstić information content (AvgIpc) is 2.73. The Morgan fingerprint density at radius 2 is 1.36 bits per heavy atom. The van der Waals surface area contributed by atoms with E-state index in [-0.39, 0.29) is 23.5 Å². The second kappa shape index (κ2) is 9.06. The monoisotopic (exact) mass is 372 g/mol. The molecule has 0 radical (unpaired) electrons. The number of carbonyl (C=O) groups is 2. The predicted octanol–water partition coefficient (Wildman–Crippen LogP) is 4.14. The summed E-state index contributed by atoms with van der Waals surface area (Å²) in [6.45, 7) is -0.0667. The molecule has 5 nitrogen and oxygen atoms in total. The lowest BCUT2D eigenvalue weighted by Gasteiger charge is -2.11. The van der Waals surface area contributed by atoms with Crippen molar-refractivity contribution in [1.29, 1.82) is 0 Å². The smallest absolute Gasteiger partial charge is 0.347 e. The lowest BCUT2D eigenvalue weighted by atomic mass is 10.1. The predicted molar refractivity (Wildman–Crippen MR) is 104 cm³/mol. The number of terminal acetylenes is 1. The first-order valence-electron chi connectivity index (χ1n) is 8.42. The fourth-order valence-electron chi connectivity index (χ4n) is 2.36. The standard InChI is InChI=1S/C23H16O5/c1-2-15-26-21-16-17(22(24)27-18-9-5-3-6-10-18)13-14-20(21)23(25)28-19-11-7-4-8-12-19/h1,3-14,16H,15H2. The molecule has 5 heteroatoms. The summed E-state index contributed by atoms with van der Waals surface area (Å²) in [4.78, 5) is 24.9. The molecule has 0 amide bonds. The van der Waals surface area contributed by atoms with Crippen LogP contribution in [0.2, 0.25) is 0 Å². The molecule has 138 valence electrons. The number of rotatable bonds is 6. The lowest BCUT2D eigenvalue weighted by Crippen LogP contribution is -2.14. The molecule has 0 saturated carbocycles. The van der Waals surface area contributed by atoms with Crippen LogP contribution in [0.25, 0.3) is 0 Å². The Labute approximate surface area is 162 Å². The van der Waals surface area contributed by atoms with Crippen molar-refractivity contribution < 1.29 is 23.8 Å². The summed E-state index contributed by atoms with van der Waals surface area (Å²) in [7, 11) is 0. The number of hydrogen-bond acceptors (Lipinski definition) is 5. The molecule has 0 aliphatic rings. The van der Waals surface area contributed by atoms with Crippen LogP contribution in [-0.4, -0.2) is 18.5 Å². The van der Waals surface area contributed by atoms with Crippen LogP contribution >= 0.6 is 0 Å². The minimum absolute atomic E-state index is 0.0667. The first-order chi connectivity index (χ1) is 13.7. The normalized spacial score (nSPS) is 9.82. The zero-order valence-corrected chi connectivity index (χ0v) is 14.8. The van der Waals surface area contributed by atoms with Crippen LogP contribution < -0.4 is 14.2 Å². The quantitative estimate of drug-likeness (QED) is 0.370. The molecule has 0 atom stereocenters. The Bertz CT molecular complexity index is 1000. The maximum absolute atomic E-state index is 12.5. The number of para-hydroxylation sites is 2. The number of esters is 2. The maximum Gasteiger partial charge on any atom is 0.347 e. The molecule has 3 aromatic carbocycles. The number of benzene rings is 3. The molecule has 28 heavy (non-hydrogen) atoms. The fourth-order valence-corrected chi connectivity index (χ4v) is 2.36. The molecular weight excluding hydrogens is 356 g/mol. The molecule has 3 rings (SSSR count). The third kappa shape index (κ3) is 4.77. The topological polar surface area (TPSA) is 61.8 Å².